The molecule has 0 aromatic heterocycles. The monoisotopic (exact) mass is 264 g/mol. The van der Waals surface area contributed by atoms with Crippen LogP contribution in [0, 0.1) is 0 Å². The van der Waals surface area contributed by atoms with Crippen molar-refractivity contribution in [3.8, 4) is 0 Å². The molecule has 0 saturated carbocycles. The molecule has 1 aliphatic heterocycles. The van der Waals surface area contributed by atoms with Gasteiger partial charge in [0, 0.05) is 43.7 Å². The number of hydrogen-bond donors (Lipinski definition) is 0. The Morgan fingerprint density at radius 3 is 2.17 bits per heavy atom. The van der Waals surface area contributed by atoms with Gasteiger partial charge in [-0.15, -0.1) is 11.8 Å². The quantitative estimate of drug-likeness (QED) is 0.772. The number of rotatable bonds is 4. The molecular weight excluding hydrogens is 240 g/mol. The Hall–Kier alpha value is -0.510. The van der Waals surface area contributed by atoms with E-state index in [1.54, 1.807) is 11.8 Å². The van der Waals surface area contributed by atoms with Crippen LogP contribution in [0.3, 0.4) is 0 Å². The lowest BCUT2D eigenvalue weighted by Crippen LogP contribution is -2.48. The van der Waals surface area contributed by atoms with E-state index in [0.717, 1.165) is 6.54 Å². The van der Waals surface area contributed by atoms with Gasteiger partial charge in [-0.1, -0.05) is 12.1 Å². The molecule has 2 nitrogen and oxygen atoms in total. The molecule has 1 fully saturated rings. The lowest BCUT2D eigenvalue weighted by molar-refractivity contribution is 0.104. The first-order valence-electron chi connectivity index (χ1n) is 6.78. The van der Waals surface area contributed by atoms with E-state index in [1.807, 2.05) is 0 Å². The molecule has 1 heterocycles. The summed E-state index contributed by atoms with van der Waals surface area (Å²) in [5.74, 6) is 0. The third-order valence-corrected chi connectivity index (χ3v) is 4.45. The molecule has 1 saturated heterocycles. The van der Waals surface area contributed by atoms with Crippen LogP contribution >= 0.6 is 11.8 Å². The lowest BCUT2D eigenvalue weighted by Gasteiger charge is -2.36. The topological polar surface area (TPSA) is 6.48 Å². The largest absolute Gasteiger partial charge is 0.298 e. The van der Waals surface area contributed by atoms with Crippen molar-refractivity contribution in [3.63, 3.8) is 0 Å². The van der Waals surface area contributed by atoms with Gasteiger partial charge < -0.3 is 0 Å². The molecule has 0 radical (unpaired) electrons. The van der Waals surface area contributed by atoms with Gasteiger partial charge in [-0.2, -0.15) is 0 Å². The first-order chi connectivity index (χ1) is 8.69. The Labute approximate surface area is 115 Å². The van der Waals surface area contributed by atoms with Gasteiger partial charge in [-0.05, 0) is 37.8 Å². The molecule has 0 amide bonds. The van der Waals surface area contributed by atoms with Crippen LogP contribution in [0.25, 0.3) is 0 Å². The van der Waals surface area contributed by atoms with Crippen LogP contribution in [0.2, 0.25) is 0 Å². The summed E-state index contributed by atoms with van der Waals surface area (Å²) in [5.41, 5.74) is 1.44. The van der Waals surface area contributed by atoms with Crippen LogP contribution in [-0.4, -0.2) is 48.3 Å². The minimum absolute atomic E-state index is 0.688. The van der Waals surface area contributed by atoms with Crippen LogP contribution in [0.5, 0.6) is 0 Å². The number of benzene rings is 1. The summed E-state index contributed by atoms with van der Waals surface area (Å²) in [7, 11) is 0. The maximum atomic E-state index is 2.56. The molecule has 1 aromatic carbocycles. The van der Waals surface area contributed by atoms with Crippen molar-refractivity contribution in [2.75, 3.05) is 32.4 Å². The molecule has 1 aromatic rings. The second-order valence-corrected chi connectivity index (χ2v) is 6.13. The highest BCUT2D eigenvalue weighted by Crippen LogP contribution is 2.16. The fourth-order valence-electron chi connectivity index (χ4n) is 2.43. The molecule has 0 N–H and O–H groups in total. The van der Waals surface area contributed by atoms with Crippen molar-refractivity contribution in [1.29, 1.82) is 0 Å². The van der Waals surface area contributed by atoms with Crippen LogP contribution in [0.4, 0.5) is 0 Å². The van der Waals surface area contributed by atoms with Crippen LogP contribution in [-0.2, 0) is 6.54 Å². The summed E-state index contributed by atoms with van der Waals surface area (Å²) in [4.78, 5) is 6.48. The summed E-state index contributed by atoms with van der Waals surface area (Å²) >= 11 is 1.81. The van der Waals surface area contributed by atoms with Crippen molar-refractivity contribution in [3.05, 3.63) is 29.8 Å². The normalized spacial score (nSPS) is 18.4. The van der Waals surface area contributed by atoms with Gasteiger partial charge >= 0.3 is 0 Å². The average Bonchev–Trinajstić information content (AvgIpc) is 2.40. The number of thioether (sulfide) groups is 1. The summed E-state index contributed by atoms with van der Waals surface area (Å²) in [6.45, 7) is 10.5. The predicted octanol–water partition coefficient (Wildman–Crippen LogP) is 2.93. The Morgan fingerprint density at radius 2 is 1.67 bits per heavy atom. The zero-order chi connectivity index (χ0) is 13.0. The number of piperazine rings is 1. The third-order valence-electron chi connectivity index (χ3n) is 3.70. The summed E-state index contributed by atoms with van der Waals surface area (Å²) in [6, 6.07) is 9.67. The molecule has 0 aliphatic carbocycles. The lowest BCUT2D eigenvalue weighted by atomic mass is 10.2. The minimum Gasteiger partial charge on any atom is -0.298 e. The minimum atomic E-state index is 0.688. The van der Waals surface area contributed by atoms with Crippen LogP contribution in [0.1, 0.15) is 19.4 Å². The van der Waals surface area contributed by atoms with Gasteiger partial charge in [0.15, 0.2) is 0 Å². The van der Waals surface area contributed by atoms with E-state index in [-0.39, 0.29) is 0 Å². The summed E-state index contributed by atoms with van der Waals surface area (Å²) in [5, 5.41) is 0. The Kier molecular flexibility index (Phi) is 5.10. The fourth-order valence-corrected chi connectivity index (χ4v) is 2.84. The van der Waals surface area contributed by atoms with Gasteiger partial charge in [-0.3, -0.25) is 9.80 Å². The average molecular weight is 264 g/mol. The molecule has 2 rings (SSSR count). The van der Waals surface area contributed by atoms with E-state index in [1.165, 1.54) is 36.6 Å². The number of nitrogens with zero attached hydrogens (tertiary/aromatic N) is 2. The molecule has 0 unspecified atom stereocenters. The van der Waals surface area contributed by atoms with Gasteiger partial charge in [0.1, 0.15) is 0 Å². The first-order valence-corrected chi connectivity index (χ1v) is 8.01. The first kappa shape index (κ1) is 13.9. The zero-order valence-corrected chi connectivity index (χ0v) is 12.5. The summed E-state index contributed by atoms with van der Waals surface area (Å²) < 4.78 is 0. The van der Waals surface area contributed by atoms with Crippen molar-refractivity contribution in [2.45, 2.75) is 31.3 Å². The second-order valence-electron chi connectivity index (χ2n) is 5.25. The van der Waals surface area contributed by atoms with Gasteiger partial charge in [0.25, 0.3) is 0 Å². The Morgan fingerprint density at radius 1 is 1.06 bits per heavy atom. The van der Waals surface area contributed by atoms with Crippen LogP contribution in [0.15, 0.2) is 29.2 Å². The maximum Gasteiger partial charge on any atom is 0.0234 e. The molecular formula is C15H24N2S. The zero-order valence-electron chi connectivity index (χ0n) is 11.7. The SMILES string of the molecule is CSc1ccc(CN2CCN(C(C)C)CC2)cc1. The van der Waals surface area contributed by atoms with Crippen molar-refractivity contribution in [2.24, 2.45) is 0 Å². The highest BCUT2D eigenvalue weighted by Gasteiger charge is 2.18. The van der Waals surface area contributed by atoms with Crippen molar-refractivity contribution in [1.82, 2.24) is 9.80 Å². The predicted molar refractivity (Wildman–Crippen MR) is 80.2 cm³/mol. The van der Waals surface area contributed by atoms with E-state index >= 15 is 0 Å². The second kappa shape index (κ2) is 6.60. The maximum absolute atomic E-state index is 2.56. The Bertz CT molecular complexity index is 353. The van der Waals surface area contributed by atoms with Gasteiger partial charge in [-0.25, -0.2) is 0 Å². The van der Waals surface area contributed by atoms with E-state index < -0.39 is 0 Å². The van der Waals surface area contributed by atoms with Crippen LogP contribution < -0.4 is 0 Å². The third kappa shape index (κ3) is 3.74. The van der Waals surface area contributed by atoms with E-state index in [2.05, 4.69) is 54.2 Å². The molecule has 0 atom stereocenters. The van der Waals surface area contributed by atoms with Crippen molar-refractivity contribution >= 4 is 11.8 Å². The smallest absolute Gasteiger partial charge is 0.0234 e. The Balaban J connectivity index is 1.83. The van der Waals surface area contributed by atoms with Gasteiger partial charge in [0.2, 0.25) is 0 Å². The fraction of sp³-hybridized carbons (Fsp3) is 0.600. The highest BCUT2D eigenvalue weighted by molar-refractivity contribution is 7.98. The molecule has 18 heavy (non-hydrogen) atoms. The molecule has 0 spiro atoms. The summed E-state index contributed by atoms with van der Waals surface area (Å²) in [6.07, 6.45) is 2.13. The van der Waals surface area contributed by atoms with Crippen molar-refractivity contribution < 1.29 is 0 Å². The number of hydrogen-bond acceptors (Lipinski definition) is 3. The highest BCUT2D eigenvalue weighted by atomic mass is 32.2. The van der Waals surface area contributed by atoms with E-state index in [0.29, 0.717) is 6.04 Å². The van der Waals surface area contributed by atoms with E-state index in [4.69, 9.17) is 0 Å². The molecule has 3 heteroatoms. The molecule has 100 valence electrons. The standard InChI is InChI=1S/C15H24N2S/c1-13(2)17-10-8-16(9-11-17)12-14-4-6-15(18-3)7-5-14/h4-7,13H,8-12H2,1-3H3. The molecule has 1 aliphatic rings. The van der Waals surface area contributed by atoms with E-state index in [9.17, 15) is 0 Å². The van der Waals surface area contributed by atoms with Gasteiger partial charge in [0.05, 0.1) is 0 Å². The molecule has 0 bridgehead atoms.